The smallest absolute Gasteiger partial charge is 0.269 e. The first-order valence-electron chi connectivity index (χ1n) is 7.81. The van der Waals surface area contributed by atoms with Crippen LogP contribution in [0.25, 0.3) is 11.1 Å². The van der Waals surface area contributed by atoms with Crippen LogP contribution in [-0.4, -0.2) is 10.9 Å². The van der Waals surface area contributed by atoms with Gasteiger partial charge in [0, 0.05) is 17.2 Å². The molecule has 0 bridgehead atoms. The molecule has 0 aliphatic rings. The number of benzene rings is 2. The summed E-state index contributed by atoms with van der Waals surface area (Å²) in [4.78, 5) is 29.2. The Balaban J connectivity index is 1.75. The summed E-state index contributed by atoms with van der Waals surface area (Å²) in [7, 11) is 0. The number of H-pyrrole nitrogens is 1. The normalized spacial score (nSPS) is 10.5. The lowest BCUT2D eigenvalue weighted by Crippen LogP contribution is -2.33. The summed E-state index contributed by atoms with van der Waals surface area (Å²) in [5, 5.41) is 0. The van der Waals surface area contributed by atoms with E-state index in [4.69, 9.17) is 0 Å². The van der Waals surface area contributed by atoms with E-state index in [0.717, 1.165) is 23.1 Å². The van der Waals surface area contributed by atoms with Crippen molar-refractivity contribution in [3.05, 3.63) is 88.1 Å². The molecule has 0 atom stereocenters. The molecular formula is C19H16FN3O2S. The average Bonchev–Trinajstić information content (AvgIpc) is 2.66. The molecule has 0 saturated carbocycles. The number of carbonyl (C=O) groups excluding carboxylic acids is 1. The van der Waals surface area contributed by atoms with Crippen LogP contribution in [0.2, 0.25) is 0 Å². The van der Waals surface area contributed by atoms with E-state index in [0.29, 0.717) is 10.5 Å². The first kappa shape index (κ1) is 17.9. The molecule has 0 spiro atoms. The van der Waals surface area contributed by atoms with Crippen molar-refractivity contribution in [3.63, 3.8) is 0 Å². The van der Waals surface area contributed by atoms with E-state index >= 15 is 0 Å². The van der Waals surface area contributed by atoms with Gasteiger partial charge < -0.3 is 4.98 Å². The third kappa shape index (κ3) is 4.19. The maximum atomic E-state index is 14.4. The van der Waals surface area contributed by atoms with Crippen LogP contribution in [0, 0.1) is 12.7 Å². The van der Waals surface area contributed by atoms with E-state index in [1.54, 1.807) is 19.1 Å². The van der Waals surface area contributed by atoms with Crippen molar-refractivity contribution < 1.29 is 9.18 Å². The number of rotatable bonds is 5. The Bertz CT molecular complexity index is 969. The second kappa shape index (κ2) is 7.99. The second-order valence-electron chi connectivity index (χ2n) is 5.57. The third-order valence-corrected chi connectivity index (χ3v) is 4.39. The number of hydrogen-bond acceptors (Lipinski definition) is 4. The second-order valence-corrected chi connectivity index (χ2v) is 6.45. The molecule has 3 rings (SSSR count). The van der Waals surface area contributed by atoms with Gasteiger partial charge in [-0.1, -0.05) is 30.3 Å². The Morgan fingerprint density at radius 1 is 1.08 bits per heavy atom. The predicted octanol–water partition coefficient (Wildman–Crippen LogP) is 3.43. The summed E-state index contributed by atoms with van der Waals surface area (Å²) < 4.78 is 14.4. The molecule has 0 fully saturated rings. The Kier molecular flexibility index (Phi) is 5.50. The molecule has 1 amide bonds. The molecule has 1 heterocycles. The molecule has 3 aromatic rings. The fraction of sp³-hybridized carbons (Fsp3) is 0.0526. The van der Waals surface area contributed by atoms with E-state index in [2.05, 4.69) is 15.2 Å². The number of hydrazine groups is 1. The van der Waals surface area contributed by atoms with E-state index < -0.39 is 11.7 Å². The maximum absolute atomic E-state index is 14.4. The minimum absolute atomic E-state index is 0.0431. The minimum Gasteiger partial charge on any atom is -0.328 e. The zero-order chi connectivity index (χ0) is 18.5. The van der Waals surface area contributed by atoms with E-state index in [1.165, 1.54) is 18.3 Å². The van der Waals surface area contributed by atoms with Crippen molar-refractivity contribution in [2.45, 2.75) is 11.8 Å². The number of carbonyl (C=O) groups is 1. The summed E-state index contributed by atoms with van der Waals surface area (Å²) in [6.07, 6.45) is 1.51. The van der Waals surface area contributed by atoms with Gasteiger partial charge in [0.2, 0.25) is 5.56 Å². The maximum Gasteiger partial charge on any atom is 0.269 e. The molecule has 0 unspecified atom stereocenters. The molecule has 1 aromatic heterocycles. The van der Waals surface area contributed by atoms with Gasteiger partial charge in [-0.05, 0) is 53.8 Å². The molecule has 2 aromatic carbocycles. The zero-order valence-corrected chi connectivity index (χ0v) is 14.7. The Morgan fingerprint density at radius 3 is 2.54 bits per heavy atom. The summed E-state index contributed by atoms with van der Waals surface area (Å²) in [5.74, 6) is -1.14. The van der Waals surface area contributed by atoms with Gasteiger partial charge in [0.25, 0.3) is 5.91 Å². The summed E-state index contributed by atoms with van der Waals surface area (Å²) in [5.41, 5.74) is 4.26. The highest BCUT2D eigenvalue weighted by Gasteiger charge is 2.16. The topological polar surface area (TPSA) is 74.0 Å². The number of halogens is 1. The first-order valence-corrected chi connectivity index (χ1v) is 8.63. The van der Waals surface area contributed by atoms with Gasteiger partial charge in [-0.2, -0.15) is 4.83 Å². The molecule has 26 heavy (non-hydrogen) atoms. The highest BCUT2D eigenvalue weighted by Crippen LogP contribution is 2.24. The lowest BCUT2D eigenvalue weighted by molar-refractivity contribution is 0.0943. The largest absolute Gasteiger partial charge is 0.328 e. The molecule has 3 N–H and O–H groups in total. The molecular weight excluding hydrogens is 353 g/mol. The van der Waals surface area contributed by atoms with Gasteiger partial charge in [0.1, 0.15) is 5.82 Å². The number of pyridine rings is 1. The zero-order valence-electron chi connectivity index (χ0n) is 13.9. The Morgan fingerprint density at radius 2 is 1.85 bits per heavy atom. The molecule has 0 saturated heterocycles. The SMILES string of the molecule is Cc1cc(-c2ccccc2)cc(C(=O)NNSc2ccc(=O)[nH]c2)c1F. The fourth-order valence-electron chi connectivity index (χ4n) is 2.39. The first-order chi connectivity index (χ1) is 12.5. The van der Waals surface area contributed by atoms with Crippen LogP contribution in [0.4, 0.5) is 4.39 Å². The third-order valence-electron chi connectivity index (χ3n) is 3.70. The summed E-state index contributed by atoms with van der Waals surface area (Å²) in [6.45, 7) is 1.63. The molecule has 132 valence electrons. The molecule has 7 heteroatoms. The average molecular weight is 369 g/mol. The molecule has 5 nitrogen and oxygen atoms in total. The molecule has 0 aliphatic carbocycles. The van der Waals surface area contributed by atoms with Crippen LogP contribution in [0.3, 0.4) is 0 Å². The number of amides is 1. The van der Waals surface area contributed by atoms with Gasteiger partial charge in [-0.25, -0.2) is 4.39 Å². The number of aromatic amines is 1. The van der Waals surface area contributed by atoms with Gasteiger partial charge in [-0.3, -0.25) is 15.0 Å². The minimum atomic E-state index is -0.583. The number of aryl methyl sites for hydroxylation is 1. The van der Waals surface area contributed by atoms with Gasteiger partial charge in [-0.15, -0.1) is 0 Å². The van der Waals surface area contributed by atoms with E-state index in [1.807, 2.05) is 30.3 Å². The Labute approximate surface area is 153 Å². The Hall–Kier alpha value is -2.90. The number of nitrogens with one attached hydrogen (secondary N) is 3. The quantitative estimate of drug-likeness (QED) is 0.476. The van der Waals surface area contributed by atoms with Gasteiger partial charge in [0.15, 0.2) is 0 Å². The van der Waals surface area contributed by atoms with Gasteiger partial charge >= 0.3 is 0 Å². The van der Waals surface area contributed by atoms with Crippen LogP contribution >= 0.6 is 11.9 Å². The highest BCUT2D eigenvalue weighted by atomic mass is 32.2. The van der Waals surface area contributed by atoms with Crippen molar-refractivity contribution in [2.24, 2.45) is 0 Å². The predicted molar refractivity (Wildman–Crippen MR) is 100 cm³/mol. The van der Waals surface area contributed by atoms with Crippen molar-refractivity contribution in [3.8, 4) is 11.1 Å². The van der Waals surface area contributed by atoms with Crippen molar-refractivity contribution in [2.75, 3.05) is 0 Å². The lowest BCUT2D eigenvalue weighted by Gasteiger charge is -2.11. The lowest BCUT2D eigenvalue weighted by atomic mass is 9.99. The van der Waals surface area contributed by atoms with Crippen molar-refractivity contribution in [1.82, 2.24) is 15.2 Å². The van der Waals surface area contributed by atoms with Crippen molar-refractivity contribution in [1.29, 1.82) is 0 Å². The monoisotopic (exact) mass is 369 g/mol. The molecule has 0 radical (unpaired) electrons. The van der Waals surface area contributed by atoms with E-state index in [9.17, 15) is 14.0 Å². The van der Waals surface area contributed by atoms with Crippen LogP contribution in [0.15, 0.2) is 70.5 Å². The highest BCUT2D eigenvalue weighted by molar-refractivity contribution is 7.97. The standard InChI is InChI=1S/C19H16FN3O2S/c1-12-9-14(13-5-3-2-4-6-13)10-16(18(12)20)19(25)22-23-26-15-7-8-17(24)21-11-15/h2-11,23H,1H3,(H,21,24)(H,22,25). The van der Waals surface area contributed by atoms with Crippen LogP contribution < -0.4 is 15.8 Å². The van der Waals surface area contributed by atoms with Crippen LogP contribution in [-0.2, 0) is 0 Å². The van der Waals surface area contributed by atoms with Crippen LogP contribution in [0.1, 0.15) is 15.9 Å². The summed E-state index contributed by atoms with van der Waals surface area (Å²) in [6, 6.07) is 15.7. The number of hydrogen-bond donors (Lipinski definition) is 3. The van der Waals surface area contributed by atoms with Gasteiger partial charge in [0.05, 0.1) is 5.56 Å². The fourth-order valence-corrected chi connectivity index (χ4v) is 2.91. The summed E-state index contributed by atoms with van der Waals surface area (Å²) >= 11 is 1.09. The number of aromatic nitrogens is 1. The van der Waals surface area contributed by atoms with Crippen LogP contribution in [0.5, 0.6) is 0 Å². The van der Waals surface area contributed by atoms with E-state index in [-0.39, 0.29) is 11.1 Å². The molecule has 0 aliphatic heterocycles. The van der Waals surface area contributed by atoms with Crippen molar-refractivity contribution >= 4 is 17.9 Å².